The lowest BCUT2D eigenvalue weighted by molar-refractivity contribution is -0.121. The van der Waals surface area contributed by atoms with Gasteiger partial charge in [0, 0.05) is 17.5 Å². The predicted octanol–water partition coefficient (Wildman–Crippen LogP) is 3.07. The average molecular weight is 493 g/mol. The van der Waals surface area contributed by atoms with Crippen molar-refractivity contribution in [3.05, 3.63) is 58.5 Å². The van der Waals surface area contributed by atoms with Crippen LogP contribution in [0, 0.1) is 11.8 Å². The molecular weight excluding hydrogens is 460 g/mol. The number of rotatable bonds is 7. The van der Waals surface area contributed by atoms with Crippen molar-refractivity contribution in [1.29, 1.82) is 0 Å². The van der Waals surface area contributed by atoms with E-state index in [1.54, 1.807) is 42.5 Å². The molecule has 2 aromatic carbocycles. The van der Waals surface area contributed by atoms with E-state index in [1.165, 1.54) is 14.2 Å². The van der Waals surface area contributed by atoms with E-state index in [9.17, 15) is 14.4 Å². The molecule has 2 amide bonds. The molecule has 1 heterocycles. The third-order valence-corrected chi connectivity index (χ3v) is 7.10. The van der Waals surface area contributed by atoms with Crippen molar-refractivity contribution < 1.29 is 19.1 Å². The van der Waals surface area contributed by atoms with Gasteiger partial charge in [0.05, 0.1) is 26.2 Å². The Morgan fingerprint density at radius 1 is 1.06 bits per heavy atom. The van der Waals surface area contributed by atoms with Crippen LogP contribution in [0.25, 0.3) is 16.5 Å². The van der Waals surface area contributed by atoms with Gasteiger partial charge < -0.3 is 20.1 Å². The van der Waals surface area contributed by atoms with Gasteiger partial charge in [0.1, 0.15) is 17.2 Å². The molecule has 2 N–H and O–H groups in total. The number of methoxy groups -OCH3 is 2. The highest BCUT2D eigenvalue weighted by Gasteiger charge is 2.28. The lowest BCUT2D eigenvalue weighted by Crippen LogP contribution is -2.47. The van der Waals surface area contributed by atoms with Gasteiger partial charge in [-0.2, -0.15) is 9.78 Å². The minimum absolute atomic E-state index is 0.0375. The van der Waals surface area contributed by atoms with E-state index in [2.05, 4.69) is 29.6 Å². The summed E-state index contributed by atoms with van der Waals surface area (Å²) >= 11 is 0. The molecule has 0 radical (unpaired) electrons. The highest BCUT2D eigenvalue weighted by Crippen LogP contribution is 2.29. The Balaban J connectivity index is 1.62. The van der Waals surface area contributed by atoms with Crippen LogP contribution < -0.4 is 25.7 Å². The van der Waals surface area contributed by atoms with E-state index in [1.807, 2.05) is 0 Å². The van der Waals surface area contributed by atoms with E-state index in [0.717, 1.165) is 23.9 Å². The van der Waals surface area contributed by atoms with Crippen LogP contribution in [0.5, 0.6) is 11.5 Å². The number of carbonyl (C=O) groups is 2. The van der Waals surface area contributed by atoms with Crippen LogP contribution in [0.15, 0.2) is 47.3 Å². The molecule has 0 aliphatic heterocycles. The van der Waals surface area contributed by atoms with Crippen molar-refractivity contribution in [2.45, 2.75) is 39.2 Å². The van der Waals surface area contributed by atoms with Crippen molar-refractivity contribution >= 4 is 22.6 Å². The van der Waals surface area contributed by atoms with Crippen molar-refractivity contribution in [2.75, 3.05) is 20.8 Å². The molecule has 0 saturated heterocycles. The number of fused-ring (bicyclic) bond motifs is 1. The van der Waals surface area contributed by atoms with Crippen LogP contribution in [0.4, 0.5) is 0 Å². The monoisotopic (exact) mass is 492 g/mol. The maximum Gasteiger partial charge on any atom is 0.279 e. The zero-order valence-electron chi connectivity index (χ0n) is 21.0. The molecule has 9 heteroatoms. The van der Waals surface area contributed by atoms with Gasteiger partial charge >= 0.3 is 0 Å². The molecule has 4 rings (SSSR count). The summed E-state index contributed by atoms with van der Waals surface area (Å²) in [4.78, 5) is 39.1. The first-order valence-electron chi connectivity index (χ1n) is 12.2. The summed E-state index contributed by atoms with van der Waals surface area (Å²) < 4.78 is 11.8. The first-order valence-corrected chi connectivity index (χ1v) is 12.2. The second-order valence-corrected chi connectivity index (χ2v) is 9.27. The van der Waals surface area contributed by atoms with E-state index in [0.29, 0.717) is 39.8 Å². The molecule has 0 spiro atoms. The molecular formula is C27H32N4O5. The minimum Gasteiger partial charge on any atom is -0.497 e. The van der Waals surface area contributed by atoms with Crippen molar-refractivity contribution in [2.24, 2.45) is 11.8 Å². The second-order valence-electron chi connectivity index (χ2n) is 9.27. The smallest absolute Gasteiger partial charge is 0.279 e. The summed E-state index contributed by atoms with van der Waals surface area (Å²) in [5, 5.41) is 10.8. The number of ether oxygens (including phenoxy) is 2. The summed E-state index contributed by atoms with van der Waals surface area (Å²) in [6.45, 7) is 4.17. The fraction of sp³-hybridized carbons (Fsp3) is 0.407. The lowest BCUT2D eigenvalue weighted by Gasteiger charge is -2.34. The Labute approximate surface area is 209 Å². The van der Waals surface area contributed by atoms with Crippen LogP contribution in [-0.2, 0) is 4.79 Å². The van der Waals surface area contributed by atoms with Gasteiger partial charge in [-0.3, -0.25) is 14.4 Å². The second kappa shape index (κ2) is 10.8. The molecule has 3 atom stereocenters. The number of aromatic nitrogens is 2. The van der Waals surface area contributed by atoms with Crippen molar-refractivity contribution in [3.8, 4) is 17.2 Å². The van der Waals surface area contributed by atoms with Crippen molar-refractivity contribution in [3.63, 3.8) is 0 Å². The number of hydrogen-bond donors (Lipinski definition) is 2. The van der Waals surface area contributed by atoms with E-state index < -0.39 is 11.5 Å². The van der Waals surface area contributed by atoms with Gasteiger partial charge in [-0.05, 0) is 36.5 Å². The Hall–Kier alpha value is -3.88. The number of carbonyl (C=O) groups excluding carboxylic acids is 2. The molecule has 1 saturated carbocycles. The summed E-state index contributed by atoms with van der Waals surface area (Å²) in [6, 6.07) is 11.8. The number of nitrogens with one attached hydrogen (secondary N) is 2. The number of hydrogen-bond acceptors (Lipinski definition) is 6. The SMILES string of the molecule is COc1ccc(-n2nc(C(=O)NCC(=O)N[C@@H]3CCC[C@H](C)[C@H]3C)c3ccccc3c2=O)c(OC)c1. The quantitative estimate of drug-likeness (QED) is 0.524. The van der Waals surface area contributed by atoms with Gasteiger partial charge in [0.15, 0.2) is 5.69 Å². The third kappa shape index (κ3) is 5.05. The molecule has 36 heavy (non-hydrogen) atoms. The average Bonchev–Trinajstić information content (AvgIpc) is 2.90. The van der Waals surface area contributed by atoms with E-state index in [4.69, 9.17) is 9.47 Å². The normalized spacial score (nSPS) is 19.5. The van der Waals surface area contributed by atoms with Gasteiger partial charge in [-0.15, -0.1) is 0 Å². The summed E-state index contributed by atoms with van der Waals surface area (Å²) in [5.74, 6) is 1.05. The van der Waals surface area contributed by atoms with Crippen LogP contribution in [0.2, 0.25) is 0 Å². The molecule has 1 aromatic heterocycles. The van der Waals surface area contributed by atoms with Gasteiger partial charge in [-0.1, -0.05) is 44.9 Å². The predicted molar refractivity (Wildman–Crippen MR) is 137 cm³/mol. The number of benzene rings is 2. The minimum atomic E-state index is -0.548. The zero-order valence-corrected chi connectivity index (χ0v) is 21.0. The summed E-state index contributed by atoms with van der Waals surface area (Å²) in [6.07, 6.45) is 3.18. The topological polar surface area (TPSA) is 112 Å². The van der Waals surface area contributed by atoms with Crippen LogP contribution in [-0.4, -0.2) is 48.4 Å². The van der Waals surface area contributed by atoms with Crippen LogP contribution in [0.3, 0.4) is 0 Å². The van der Waals surface area contributed by atoms with Crippen molar-refractivity contribution in [1.82, 2.24) is 20.4 Å². The van der Waals surface area contributed by atoms with E-state index >= 15 is 0 Å². The Kier molecular flexibility index (Phi) is 7.57. The first-order chi connectivity index (χ1) is 17.3. The number of nitrogens with zero attached hydrogens (tertiary/aromatic N) is 2. The molecule has 0 bridgehead atoms. The molecule has 1 aliphatic carbocycles. The highest BCUT2D eigenvalue weighted by molar-refractivity contribution is 6.05. The highest BCUT2D eigenvalue weighted by atomic mass is 16.5. The third-order valence-electron chi connectivity index (χ3n) is 7.10. The molecule has 190 valence electrons. The largest absolute Gasteiger partial charge is 0.497 e. The first kappa shape index (κ1) is 25.2. The van der Waals surface area contributed by atoms with Crippen LogP contribution >= 0.6 is 0 Å². The lowest BCUT2D eigenvalue weighted by atomic mass is 9.78. The molecule has 1 fully saturated rings. The van der Waals surface area contributed by atoms with E-state index in [-0.39, 0.29) is 24.2 Å². The zero-order chi connectivity index (χ0) is 25.8. The maximum absolute atomic E-state index is 13.3. The summed E-state index contributed by atoms with van der Waals surface area (Å²) in [7, 11) is 3.01. The van der Waals surface area contributed by atoms with Crippen LogP contribution in [0.1, 0.15) is 43.6 Å². The molecule has 0 unspecified atom stereocenters. The van der Waals surface area contributed by atoms with Gasteiger partial charge in [0.2, 0.25) is 5.91 Å². The maximum atomic E-state index is 13.3. The molecule has 1 aliphatic rings. The fourth-order valence-electron chi connectivity index (χ4n) is 4.77. The van der Waals surface area contributed by atoms with Gasteiger partial charge in [0.25, 0.3) is 11.5 Å². The Morgan fingerprint density at radius 3 is 2.53 bits per heavy atom. The molecule has 9 nitrogen and oxygen atoms in total. The molecule has 3 aromatic rings. The standard InChI is InChI=1S/C27H32N4O5/c1-16-8-7-11-21(17(16)2)29-24(32)15-28-26(33)25-19-9-5-6-10-20(19)27(34)31(30-25)22-13-12-18(35-3)14-23(22)36-4/h5-6,9-10,12-14,16-17,21H,7-8,11,15H2,1-4H3,(H,28,33)(H,29,32)/t16-,17+,21+/m0/s1. The Morgan fingerprint density at radius 2 is 1.81 bits per heavy atom. The van der Waals surface area contributed by atoms with Gasteiger partial charge in [-0.25, -0.2) is 0 Å². The number of amides is 2. The fourth-order valence-corrected chi connectivity index (χ4v) is 4.77. The Bertz CT molecular complexity index is 1340. The summed E-state index contributed by atoms with van der Waals surface area (Å²) in [5.41, 5.74) is 0.000505.